The van der Waals surface area contributed by atoms with Crippen molar-refractivity contribution in [1.29, 1.82) is 0 Å². The van der Waals surface area contributed by atoms with Crippen LogP contribution in [-0.2, 0) is 13.5 Å². The van der Waals surface area contributed by atoms with Gasteiger partial charge in [0, 0.05) is 23.9 Å². The van der Waals surface area contributed by atoms with E-state index in [0.717, 1.165) is 12.1 Å². The Labute approximate surface area is 165 Å². The van der Waals surface area contributed by atoms with E-state index < -0.39 is 0 Å². The zero-order valence-electron chi connectivity index (χ0n) is 16.7. The van der Waals surface area contributed by atoms with Crippen molar-refractivity contribution in [3.63, 3.8) is 0 Å². The fourth-order valence-electron chi connectivity index (χ4n) is 3.06. The fraction of sp³-hybridized carbons (Fsp3) is 0.261. The van der Waals surface area contributed by atoms with E-state index in [0.29, 0.717) is 22.5 Å². The predicted molar refractivity (Wildman–Crippen MR) is 111 cm³/mol. The van der Waals surface area contributed by atoms with E-state index in [2.05, 4.69) is 31.2 Å². The Bertz CT molecular complexity index is 998. The summed E-state index contributed by atoms with van der Waals surface area (Å²) >= 11 is 0. The van der Waals surface area contributed by atoms with Crippen LogP contribution in [0.15, 0.2) is 60.7 Å². The van der Waals surface area contributed by atoms with Gasteiger partial charge in [0.1, 0.15) is 5.69 Å². The molecule has 0 bridgehead atoms. The third-order valence-corrected chi connectivity index (χ3v) is 4.29. The summed E-state index contributed by atoms with van der Waals surface area (Å²) in [4.78, 5) is 25.3. The molecule has 0 saturated heterocycles. The first-order valence-electron chi connectivity index (χ1n) is 9.27. The molecule has 0 saturated carbocycles. The van der Waals surface area contributed by atoms with E-state index in [-0.39, 0.29) is 17.1 Å². The van der Waals surface area contributed by atoms with Crippen molar-refractivity contribution in [2.24, 2.45) is 12.5 Å². The summed E-state index contributed by atoms with van der Waals surface area (Å²) < 4.78 is 1.59. The predicted octanol–water partition coefficient (Wildman–Crippen LogP) is 4.49. The van der Waals surface area contributed by atoms with Gasteiger partial charge >= 0.3 is 0 Å². The van der Waals surface area contributed by atoms with Gasteiger partial charge in [0.15, 0.2) is 5.78 Å². The average Bonchev–Trinajstić information content (AvgIpc) is 3.00. The molecule has 5 heteroatoms. The molecule has 3 aromatic rings. The topological polar surface area (TPSA) is 64.0 Å². The van der Waals surface area contributed by atoms with Crippen molar-refractivity contribution in [2.75, 3.05) is 5.32 Å². The van der Waals surface area contributed by atoms with Crippen LogP contribution in [0.5, 0.6) is 0 Å². The smallest absolute Gasteiger partial charge is 0.273 e. The van der Waals surface area contributed by atoms with Crippen LogP contribution < -0.4 is 5.32 Å². The van der Waals surface area contributed by atoms with Crippen molar-refractivity contribution in [2.45, 2.75) is 27.2 Å². The SMILES string of the molecule is Cn1nc(CC(C)(C)C)cc1C(=O)Nc1cccc(C(=O)c2ccccc2)c1. The molecule has 144 valence electrons. The normalized spacial score (nSPS) is 11.3. The number of nitrogens with one attached hydrogen (secondary N) is 1. The van der Waals surface area contributed by atoms with Gasteiger partial charge in [0.25, 0.3) is 5.91 Å². The number of carbonyl (C=O) groups excluding carboxylic acids is 2. The van der Waals surface area contributed by atoms with Crippen LogP contribution in [0.2, 0.25) is 0 Å². The Balaban J connectivity index is 1.77. The molecule has 0 aliphatic heterocycles. The van der Waals surface area contributed by atoms with Crippen LogP contribution in [-0.4, -0.2) is 21.5 Å². The third-order valence-electron chi connectivity index (χ3n) is 4.29. The Kier molecular flexibility index (Phi) is 5.45. The van der Waals surface area contributed by atoms with Gasteiger partial charge in [-0.05, 0) is 30.0 Å². The Hall–Kier alpha value is -3.21. The van der Waals surface area contributed by atoms with E-state index >= 15 is 0 Å². The number of rotatable bonds is 5. The number of anilines is 1. The lowest BCUT2D eigenvalue weighted by Gasteiger charge is -2.15. The maximum absolute atomic E-state index is 12.7. The van der Waals surface area contributed by atoms with E-state index in [1.165, 1.54) is 0 Å². The minimum absolute atomic E-state index is 0.0790. The van der Waals surface area contributed by atoms with E-state index in [1.807, 2.05) is 24.3 Å². The lowest BCUT2D eigenvalue weighted by Crippen LogP contribution is -2.16. The van der Waals surface area contributed by atoms with Gasteiger partial charge < -0.3 is 5.32 Å². The van der Waals surface area contributed by atoms with Crippen LogP contribution in [0.4, 0.5) is 5.69 Å². The standard InChI is InChI=1S/C23H25N3O2/c1-23(2,3)15-19-14-20(26(4)25-19)22(28)24-18-12-8-11-17(13-18)21(27)16-9-6-5-7-10-16/h5-14H,15H2,1-4H3,(H,24,28). The number of aromatic nitrogens is 2. The summed E-state index contributed by atoms with van der Waals surface area (Å²) in [6.45, 7) is 6.41. The number of carbonyl (C=O) groups is 2. The summed E-state index contributed by atoms with van der Waals surface area (Å²) in [6, 6.07) is 17.9. The lowest BCUT2D eigenvalue weighted by molar-refractivity contribution is 0.101. The highest BCUT2D eigenvalue weighted by Crippen LogP contribution is 2.21. The minimum atomic E-state index is -0.250. The van der Waals surface area contributed by atoms with Gasteiger partial charge in [0.2, 0.25) is 0 Å². The second-order valence-electron chi connectivity index (χ2n) is 8.11. The van der Waals surface area contributed by atoms with Crippen LogP contribution >= 0.6 is 0 Å². The lowest BCUT2D eigenvalue weighted by atomic mass is 9.90. The molecule has 3 rings (SSSR count). The highest BCUT2D eigenvalue weighted by atomic mass is 16.2. The number of aryl methyl sites for hydroxylation is 1. The molecule has 1 N–H and O–H groups in total. The summed E-state index contributed by atoms with van der Waals surface area (Å²) in [7, 11) is 1.76. The van der Waals surface area contributed by atoms with Crippen LogP contribution in [0.3, 0.4) is 0 Å². The molecule has 0 aliphatic rings. The highest BCUT2D eigenvalue weighted by Gasteiger charge is 2.18. The first-order chi connectivity index (χ1) is 13.2. The van der Waals surface area contributed by atoms with Gasteiger partial charge in [-0.15, -0.1) is 0 Å². The number of nitrogens with zero attached hydrogens (tertiary/aromatic N) is 2. The zero-order valence-corrected chi connectivity index (χ0v) is 16.7. The average molecular weight is 375 g/mol. The largest absolute Gasteiger partial charge is 0.321 e. The summed E-state index contributed by atoms with van der Waals surface area (Å²) in [5.74, 6) is -0.329. The Morgan fingerprint density at radius 1 is 0.964 bits per heavy atom. The Morgan fingerprint density at radius 2 is 1.64 bits per heavy atom. The summed E-state index contributed by atoms with van der Waals surface area (Å²) in [5.41, 5.74) is 3.18. The fourth-order valence-corrected chi connectivity index (χ4v) is 3.06. The quantitative estimate of drug-likeness (QED) is 0.668. The number of hydrogen-bond donors (Lipinski definition) is 1. The van der Waals surface area contributed by atoms with Gasteiger partial charge in [-0.3, -0.25) is 14.3 Å². The molecule has 0 atom stereocenters. The van der Waals surface area contributed by atoms with Crippen molar-refractivity contribution >= 4 is 17.4 Å². The van der Waals surface area contributed by atoms with E-state index in [1.54, 1.807) is 48.1 Å². The second kappa shape index (κ2) is 7.80. The molecule has 0 aliphatic carbocycles. The number of benzene rings is 2. The van der Waals surface area contributed by atoms with E-state index in [4.69, 9.17) is 0 Å². The molecule has 1 aromatic heterocycles. The van der Waals surface area contributed by atoms with Crippen molar-refractivity contribution < 1.29 is 9.59 Å². The van der Waals surface area contributed by atoms with Gasteiger partial charge in [-0.2, -0.15) is 5.10 Å². The van der Waals surface area contributed by atoms with Gasteiger partial charge in [0.05, 0.1) is 5.69 Å². The zero-order chi connectivity index (χ0) is 20.3. The molecule has 0 spiro atoms. The first-order valence-corrected chi connectivity index (χ1v) is 9.27. The molecule has 2 aromatic carbocycles. The van der Waals surface area contributed by atoms with Crippen LogP contribution in [0.1, 0.15) is 52.9 Å². The minimum Gasteiger partial charge on any atom is -0.321 e. The van der Waals surface area contributed by atoms with Crippen LogP contribution in [0, 0.1) is 5.41 Å². The molecule has 0 radical (unpaired) electrons. The molecular weight excluding hydrogens is 350 g/mol. The number of amides is 1. The highest BCUT2D eigenvalue weighted by molar-refractivity contribution is 6.10. The molecule has 1 heterocycles. The van der Waals surface area contributed by atoms with Gasteiger partial charge in [-0.25, -0.2) is 0 Å². The molecule has 0 unspecified atom stereocenters. The second-order valence-corrected chi connectivity index (χ2v) is 8.11. The van der Waals surface area contributed by atoms with Crippen molar-refractivity contribution in [3.05, 3.63) is 83.2 Å². The van der Waals surface area contributed by atoms with Gasteiger partial charge in [-0.1, -0.05) is 63.2 Å². The summed E-state index contributed by atoms with van der Waals surface area (Å²) in [6.07, 6.45) is 0.787. The molecule has 1 amide bonds. The third kappa shape index (κ3) is 4.74. The Morgan fingerprint density at radius 3 is 2.32 bits per heavy atom. The maximum Gasteiger partial charge on any atom is 0.273 e. The monoisotopic (exact) mass is 375 g/mol. The molecule has 5 nitrogen and oxygen atoms in total. The first kappa shape index (κ1) is 19.5. The molecule has 0 fully saturated rings. The molecular formula is C23H25N3O2. The summed E-state index contributed by atoms with van der Waals surface area (Å²) in [5, 5.41) is 7.32. The van der Waals surface area contributed by atoms with E-state index in [9.17, 15) is 9.59 Å². The van der Waals surface area contributed by atoms with Crippen molar-refractivity contribution in [3.8, 4) is 0 Å². The maximum atomic E-state index is 12.7. The van der Waals surface area contributed by atoms with Crippen molar-refractivity contribution in [1.82, 2.24) is 9.78 Å². The number of ketones is 1. The molecule has 28 heavy (non-hydrogen) atoms. The van der Waals surface area contributed by atoms with Crippen LogP contribution in [0.25, 0.3) is 0 Å². The number of hydrogen-bond acceptors (Lipinski definition) is 3.